The topological polar surface area (TPSA) is 42.1 Å². The van der Waals surface area contributed by atoms with Gasteiger partial charge in [0.15, 0.2) is 0 Å². The van der Waals surface area contributed by atoms with Gasteiger partial charge in [-0.2, -0.15) is 0 Å². The Bertz CT molecular complexity index is 401. The second kappa shape index (κ2) is 4.98. The van der Waals surface area contributed by atoms with Gasteiger partial charge >= 0.3 is 0 Å². The molecule has 0 bridgehead atoms. The van der Waals surface area contributed by atoms with Crippen LogP contribution >= 0.6 is 0 Å². The van der Waals surface area contributed by atoms with Gasteiger partial charge in [-0.3, -0.25) is 9.88 Å². The van der Waals surface area contributed by atoms with Gasteiger partial charge < -0.3 is 5.73 Å². The molecule has 3 heteroatoms. The SMILES string of the molecule is Cc1ccc(CN2CC3CCCC(N)C3C2)nc1. The first kappa shape index (κ1) is 12.1. The summed E-state index contributed by atoms with van der Waals surface area (Å²) in [5, 5.41) is 0. The van der Waals surface area contributed by atoms with Gasteiger partial charge in [0.1, 0.15) is 0 Å². The molecule has 0 amide bonds. The lowest BCUT2D eigenvalue weighted by Gasteiger charge is -2.29. The lowest BCUT2D eigenvalue weighted by Crippen LogP contribution is -2.38. The minimum atomic E-state index is 0.430. The average molecular weight is 245 g/mol. The summed E-state index contributed by atoms with van der Waals surface area (Å²) in [6.07, 6.45) is 5.87. The molecule has 18 heavy (non-hydrogen) atoms. The van der Waals surface area contributed by atoms with Crippen molar-refractivity contribution in [3.8, 4) is 0 Å². The molecule has 3 rings (SSSR count). The maximum Gasteiger partial charge on any atom is 0.0544 e. The van der Waals surface area contributed by atoms with Crippen LogP contribution in [0.5, 0.6) is 0 Å². The monoisotopic (exact) mass is 245 g/mol. The smallest absolute Gasteiger partial charge is 0.0544 e. The Morgan fingerprint density at radius 2 is 2.22 bits per heavy atom. The summed E-state index contributed by atoms with van der Waals surface area (Å²) >= 11 is 0. The Hall–Kier alpha value is -0.930. The number of rotatable bonds is 2. The zero-order chi connectivity index (χ0) is 12.5. The summed E-state index contributed by atoms with van der Waals surface area (Å²) in [4.78, 5) is 7.05. The van der Waals surface area contributed by atoms with E-state index in [-0.39, 0.29) is 0 Å². The van der Waals surface area contributed by atoms with Crippen molar-refractivity contribution in [3.63, 3.8) is 0 Å². The molecule has 1 aromatic heterocycles. The van der Waals surface area contributed by atoms with Crippen LogP contribution in [0.3, 0.4) is 0 Å². The van der Waals surface area contributed by atoms with Crippen molar-refractivity contribution in [2.75, 3.05) is 13.1 Å². The third-order valence-electron chi connectivity index (χ3n) is 4.59. The minimum absolute atomic E-state index is 0.430. The molecule has 2 heterocycles. The summed E-state index contributed by atoms with van der Waals surface area (Å²) in [6, 6.07) is 4.73. The van der Waals surface area contributed by atoms with Gasteiger partial charge in [-0.1, -0.05) is 12.5 Å². The molecule has 1 saturated carbocycles. The first-order valence-electron chi connectivity index (χ1n) is 7.12. The Morgan fingerprint density at radius 3 is 2.94 bits per heavy atom. The van der Waals surface area contributed by atoms with Gasteiger partial charge in [0.2, 0.25) is 0 Å². The van der Waals surface area contributed by atoms with E-state index < -0.39 is 0 Å². The van der Waals surface area contributed by atoms with E-state index in [4.69, 9.17) is 5.73 Å². The zero-order valence-electron chi connectivity index (χ0n) is 11.2. The number of aryl methyl sites for hydroxylation is 1. The normalized spacial score (nSPS) is 32.4. The van der Waals surface area contributed by atoms with Crippen LogP contribution in [0.4, 0.5) is 0 Å². The van der Waals surface area contributed by atoms with Crippen molar-refractivity contribution in [1.82, 2.24) is 9.88 Å². The van der Waals surface area contributed by atoms with Gasteiger partial charge in [-0.15, -0.1) is 0 Å². The molecule has 2 fully saturated rings. The third kappa shape index (κ3) is 2.43. The highest BCUT2D eigenvalue weighted by Crippen LogP contribution is 2.35. The summed E-state index contributed by atoms with van der Waals surface area (Å²) in [6.45, 7) is 5.45. The number of hydrogen-bond acceptors (Lipinski definition) is 3. The highest BCUT2D eigenvalue weighted by molar-refractivity contribution is 5.12. The van der Waals surface area contributed by atoms with Gasteiger partial charge in [0.25, 0.3) is 0 Å². The van der Waals surface area contributed by atoms with Crippen LogP contribution in [0.25, 0.3) is 0 Å². The fourth-order valence-electron chi connectivity index (χ4n) is 3.56. The quantitative estimate of drug-likeness (QED) is 0.866. The van der Waals surface area contributed by atoms with E-state index in [0.717, 1.165) is 18.4 Å². The van der Waals surface area contributed by atoms with Gasteiger partial charge in [0.05, 0.1) is 5.69 Å². The lowest BCUT2D eigenvalue weighted by molar-refractivity contribution is 0.259. The maximum absolute atomic E-state index is 6.25. The lowest BCUT2D eigenvalue weighted by atomic mass is 9.78. The predicted octanol–water partition coefficient (Wildman–Crippen LogP) is 1.95. The minimum Gasteiger partial charge on any atom is -0.327 e. The van der Waals surface area contributed by atoms with Crippen molar-refractivity contribution >= 4 is 0 Å². The van der Waals surface area contributed by atoms with E-state index in [1.54, 1.807) is 0 Å². The number of fused-ring (bicyclic) bond motifs is 1. The highest BCUT2D eigenvalue weighted by atomic mass is 15.2. The molecular weight excluding hydrogens is 222 g/mol. The van der Waals surface area contributed by atoms with Crippen LogP contribution in [0.1, 0.15) is 30.5 Å². The molecule has 1 saturated heterocycles. The molecule has 2 aliphatic rings. The van der Waals surface area contributed by atoms with Crippen LogP contribution < -0.4 is 5.73 Å². The van der Waals surface area contributed by atoms with E-state index in [1.807, 2.05) is 6.20 Å². The van der Waals surface area contributed by atoms with Crippen LogP contribution in [0.15, 0.2) is 18.3 Å². The second-order valence-electron chi connectivity index (χ2n) is 6.04. The third-order valence-corrected chi connectivity index (χ3v) is 4.59. The number of hydrogen-bond donors (Lipinski definition) is 1. The number of likely N-dealkylation sites (tertiary alicyclic amines) is 1. The van der Waals surface area contributed by atoms with Crippen LogP contribution in [-0.4, -0.2) is 29.0 Å². The van der Waals surface area contributed by atoms with Gasteiger partial charge in [-0.05, 0) is 43.2 Å². The molecule has 0 radical (unpaired) electrons. The Balaban J connectivity index is 1.63. The summed E-state index contributed by atoms with van der Waals surface area (Å²) < 4.78 is 0. The van der Waals surface area contributed by atoms with E-state index >= 15 is 0 Å². The molecule has 2 N–H and O–H groups in total. The fourth-order valence-corrected chi connectivity index (χ4v) is 3.56. The maximum atomic E-state index is 6.25. The first-order chi connectivity index (χ1) is 8.72. The standard InChI is InChI=1S/C15H23N3/c1-11-5-6-13(17-7-11)9-18-8-12-3-2-4-15(16)14(12)10-18/h5-7,12,14-15H,2-4,8-10,16H2,1H3. The molecule has 1 aliphatic carbocycles. The largest absolute Gasteiger partial charge is 0.327 e. The van der Waals surface area contributed by atoms with Crippen LogP contribution in [0, 0.1) is 18.8 Å². The Kier molecular flexibility index (Phi) is 3.35. The molecule has 0 aromatic carbocycles. The molecule has 3 unspecified atom stereocenters. The van der Waals surface area contributed by atoms with E-state index in [9.17, 15) is 0 Å². The van der Waals surface area contributed by atoms with Crippen molar-refractivity contribution in [1.29, 1.82) is 0 Å². The Morgan fingerprint density at radius 1 is 1.33 bits per heavy atom. The number of pyridine rings is 1. The molecule has 3 atom stereocenters. The zero-order valence-corrected chi connectivity index (χ0v) is 11.2. The van der Waals surface area contributed by atoms with Crippen molar-refractivity contribution in [2.24, 2.45) is 17.6 Å². The molecule has 0 spiro atoms. The van der Waals surface area contributed by atoms with E-state index in [0.29, 0.717) is 6.04 Å². The van der Waals surface area contributed by atoms with Gasteiger partial charge in [-0.25, -0.2) is 0 Å². The van der Waals surface area contributed by atoms with E-state index in [2.05, 4.69) is 28.9 Å². The number of aromatic nitrogens is 1. The average Bonchev–Trinajstić information content (AvgIpc) is 2.76. The van der Waals surface area contributed by atoms with Crippen LogP contribution in [-0.2, 0) is 6.54 Å². The Labute approximate surface area is 109 Å². The highest BCUT2D eigenvalue weighted by Gasteiger charge is 2.38. The predicted molar refractivity (Wildman–Crippen MR) is 73.1 cm³/mol. The number of nitrogens with zero attached hydrogens (tertiary/aromatic N) is 2. The molecule has 1 aromatic rings. The summed E-state index contributed by atoms with van der Waals surface area (Å²) in [5.74, 6) is 1.56. The van der Waals surface area contributed by atoms with Crippen molar-refractivity contribution in [3.05, 3.63) is 29.6 Å². The molecule has 3 nitrogen and oxygen atoms in total. The first-order valence-corrected chi connectivity index (χ1v) is 7.12. The molecule has 1 aliphatic heterocycles. The van der Waals surface area contributed by atoms with Gasteiger partial charge in [0, 0.05) is 31.9 Å². The molecule has 98 valence electrons. The number of nitrogens with two attached hydrogens (primary N) is 1. The fraction of sp³-hybridized carbons (Fsp3) is 0.667. The van der Waals surface area contributed by atoms with Crippen molar-refractivity contribution < 1.29 is 0 Å². The van der Waals surface area contributed by atoms with Crippen molar-refractivity contribution in [2.45, 2.75) is 38.8 Å². The van der Waals surface area contributed by atoms with E-state index in [1.165, 1.54) is 43.6 Å². The summed E-state index contributed by atoms with van der Waals surface area (Å²) in [5.41, 5.74) is 8.67. The molecular formula is C15H23N3. The van der Waals surface area contributed by atoms with Crippen LogP contribution in [0.2, 0.25) is 0 Å². The summed E-state index contributed by atoms with van der Waals surface area (Å²) in [7, 11) is 0. The second-order valence-corrected chi connectivity index (χ2v) is 6.04.